The van der Waals surface area contributed by atoms with Gasteiger partial charge in [-0.1, -0.05) is 6.07 Å². The Morgan fingerprint density at radius 2 is 1.91 bits per heavy atom. The highest BCUT2D eigenvalue weighted by Crippen LogP contribution is 2.34. The van der Waals surface area contributed by atoms with E-state index < -0.39 is 29.1 Å². The zero-order valence-corrected chi connectivity index (χ0v) is 18.7. The van der Waals surface area contributed by atoms with E-state index in [4.69, 9.17) is 0 Å². The molecule has 2 rings (SSSR count). The van der Waals surface area contributed by atoms with Gasteiger partial charge < -0.3 is 5.32 Å². The quantitative estimate of drug-likeness (QED) is 0.583. The fraction of sp³-hybridized carbons (Fsp3) is 0.292. The summed E-state index contributed by atoms with van der Waals surface area (Å²) in [6, 6.07) is 9.35. The van der Waals surface area contributed by atoms with Gasteiger partial charge in [0.2, 0.25) is 0 Å². The minimum absolute atomic E-state index is 0.0833. The maximum absolute atomic E-state index is 13.5. The summed E-state index contributed by atoms with van der Waals surface area (Å²) < 4.78 is 40.4. The first-order chi connectivity index (χ1) is 15.4. The summed E-state index contributed by atoms with van der Waals surface area (Å²) in [5, 5.41) is 12.0. The summed E-state index contributed by atoms with van der Waals surface area (Å²) in [5.41, 5.74) is -1.21. The molecule has 33 heavy (non-hydrogen) atoms. The first kappa shape index (κ1) is 25.5. The van der Waals surface area contributed by atoms with Gasteiger partial charge in [-0.05, 0) is 70.3 Å². The van der Waals surface area contributed by atoms with E-state index in [0.717, 1.165) is 12.1 Å². The SMILES string of the molecule is C=N/C(=C(\N=C/C)c1ccccn1)C(C)NC(=O)c1cc(C(F)(F)F)cc(C(C)(C)C#N)c1. The molecule has 6 nitrogen and oxygen atoms in total. The second-order valence-corrected chi connectivity index (χ2v) is 7.72. The number of halogens is 3. The predicted octanol–water partition coefficient (Wildman–Crippen LogP) is 5.18. The molecule has 1 atom stereocenters. The van der Waals surface area contributed by atoms with Crippen LogP contribution in [0.4, 0.5) is 13.2 Å². The summed E-state index contributed by atoms with van der Waals surface area (Å²) >= 11 is 0. The molecule has 172 valence electrons. The molecule has 1 aromatic carbocycles. The zero-order chi connectivity index (χ0) is 24.8. The lowest BCUT2D eigenvalue weighted by molar-refractivity contribution is -0.137. The maximum Gasteiger partial charge on any atom is 0.416 e. The van der Waals surface area contributed by atoms with E-state index in [-0.39, 0.29) is 11.1 Å². The third-order valence-corrected chi connectivity index (χ3v) is 4.86. The van der Waals surface area contributed by atoms with Crippen LogP contribution in [0.5, 0.6) is 0 Å². The number of rotatable bonds is 7. The van der Waals surface area contributed by atoms with Gasteiger partial charge in [0, 0.05) is 18.0 Å². The third-order valence-electron chi connectivity index (χ3n) is 4.86. The van der Waals surface area contributed by atoms with Crippen molar-refractivity contribution in [2.75, 3.05) is 0 Å². The first-order valence-corrected chi connectivity index (χ1v) is 10.0. The summed E-state index contributed by atoms with van der Waals surface area (Å²) in [6.07, 6.45) is -1.57. The van der Waals surface area contributed by atoms with E-state index in [1.165, 1.54) is 26.1 Å². The van der Waals surface area contributed by atoms with Crippen molar-refractivity contribution in [1.29, 1.82) is 5.26 Å². The molecule has 0 saturated carbocycles. The van der Waals surface area contributed by atoms with Gasteiger partial charge in [0.05, 0.1) is 34.5 Å². The summed E-state index contributed by atoms with van der Waals surface area (Å²) in [7, 11) is 0. The number of benzene rings is 1. The Kier molecular flexibility index (Phi) is 7.88. The Morgan fingerprint density at radius 1 is 1.24 bits per heavy atom. The van der Waals surface area contributed by atoms with Gasteiger partial charge in [-0.25, -0.2) is 0 Å². The van der Waals surface area contributed by atoms with Crippen molar-refractivity contribution < 1.29 is 18.0 Å². The van der Waals surface area contributed by atoms with Crippen LogP contribution in [0.3, 0.4) is 0 Å². The normalized spacial score (nSPS) is 13.8. The Labute approximate surface area is 190 Å². The Bertz CT molecular complexity index is 1130. The highest BCUT2D eigenvalue weighted by molar-refractivity contribution is 5.95. The van der Waals surface area contributed by atoms with Crippen LogP contribution in [-0.2, 0) is 11.6 Å². The van der Waals surface area contributed by atoms with E-state index in [9.17, 15) is 23.2 Å². The first-order valence-electron chi connectivity index (χ1n) is 10.0. The molecule has 1 N–H and O–H groups in total. The number of nitrogens with zero attached hydrogens (tertiary/aromatic N) is 4. The lowest BCUT2D eigenvalue weighted by Crippen LogP contribution is -2.34. The van der Waals surface area contributed by atoms with E-state index in [2.05, 4.69) is 27.0 Å². The van der Waals surface area contributed by atoms with Crippen LogP contribution < -0.4 is 5.32 Å². The van der Waals surface area contributed by atoms with Gasteiger partial charge in [-0.3, -0.25) is 19.8 Å². The van der Waals surface area contributed by atoms with Crippen molar-refractivity contribution in [3.05, 3.63) is 70.7 Å². The van der Waals surface area contributed by atoms with Gasteiger partial charge in [0.15, 0.2) is 0 Å². The second kappa shape index (κ2) is 10.2. The molecule has 0 aliphatic rings. The van der Waals surface area contributed by atoms with Gasteiger partial charge >= 0.3 is 6.18 Å². The minimum Gasteiger partial charge on any atom is -0.344 e. The number of aliphatic imine (C=N–C) groups is 2. The number of nitriles is 1. The third kappa shape index (κ3) is 6.13. The van der Waals surface area contributed by atoms with Crippen LogP contribution in [-0.4, -0.2) is 29.9 Å². The Hall–Kier alpha value is -3.80. The van der Waals surface area contributed by atoms with E-state index in [1.54, 1.807) is 38.2 Å². The number of nitrogens with one attached hydrogen (secondary N) is 1. The number of hydrogen-bond acceptors (Lipinski definition) is 5. The molecule has 9 heteroatoms. The molecule has 0 fully saturated rings. The molecule has 2 aromatic rings. The smallest absolute Gasteiger partial charge is 0.344 e. The molecule has 1 aromatic heterocycles. The van der Waals surface area contributed by atoms with Crippen LogP contribution in [0.2, 0.25) is 0 Å². The number of aromatic nitrogens is 1. The summed E-state index contributed by atoms with van der Waals surface area (Å²) in [6.45, 7) is 9.83. The number of alkyl halides is 3. The lowest BCUT2D eigenvalue weighted by Gasteiger charge is -2.21. The van der Waals surface area contributed by atoms with Crippen molar-refractivity contribution in [2.24, 2.45) is 9.98 Å². The standard InChI is InChI=1S/C24H24F3N5O/c1-6-30-21(19-9-7-8-10-31-19)20(29-5)15(2)32-22(33)16-11-17(23(3,4)14-28)13-18(12-16)24(25,26)27/h6-13,15H,5H2,1-4H3,(H,32,33)/b21-20-,30-6-. The number of carbonyl (C=O) groups is 1. The average molecular weight is 455 g/mol. The molecular weight excluding hydrogens is 431 g/mol. The molecule has 0 bridgehead atoms. The number of pyridine rings is 1. The fourth-order valence-electron chi connectivity index (χ4n) is 3.01. The van der Waals surface area contributed by atoms with Crippen LogP contribution in [0.15, 0.2) is 58.3 Å². The van der Waals surface area contributed by atoms with Gasteiger partial charge in [0.25, 0.3) is 5.91 Å². The van der Waals surface area contributed by atoms with Crippen molar-refractivity contribution >= 4 is 24.5 Å². The van der Waals surface area contributed by atoms with Crippen molar-refractivity contribution in [1.82, 2.24) is 10.3 Å². The van der Waals surface area contributed by atoms with Crippen LogP contribution in [0.25, 0.3) is 5.70 Å². The van der Waals surface area contributed by atoms with Gasteiger partial charge in [-0.15, -0.1) is 0 Å². The number of carbonyl (C=O) groups excluding carboxylic acids is 1. The number of amides is 1. The van der Waals surface area contributed by atoms with Crippen molar-refractivity contribution in [3.8, 4) is 6.07 Å². The fourth-order valence-corrected chi connectivity index (χ4v) is 3.01. The van der Waals surface area contributed by atoms with E-state index >= 15 is 0 Å². The van der Waals surface area contributed by atoms with E-state index in [1.807, 2.05) is 6.07 Å². The maximum atomic E-state index is 13.5. The highest BCUT2D eigenvalue weighted by atomic mass is 19.4. The average Bonchev–Trinajstić information content (AvgIpc) is 2.78. The highest BCUT2D eigenvalue weighted by Gasteiger charge is 2.34. The number of hydrogen-bond donors (Lipinski definition) is 1. The minimum atomic E-state index is -4.68. The lowest BCUT2D eigenvalue weighted by atomic mass is 9.84. The van der Waals surface area contributed by atoms with E-state index in [0.29, 0.717) is 17.1 Å². The predicted molar refractivity (Wildman–Crippen MR) is 122 cm³/mol. The molecule has 0 radical (unpaired) electrons. The molecule has 0 aliphatic heterocycles. The molecule has 0 saturated heterocycles. The van der Waals surface area contributed by atoms with Crippen LogP contribution in [0.1, 0.15) is 54.9 Å². The molecule has 1 heterocycles. The molecule has 1 amide bonds. The topological polar surface area (TPSA) is 90.5 Å². The summed E-state index contributed by atoms with van der Waals surface area (Å²) in [5.74, 6) is -0.759. The van der Waals surface area contributed by atoms with Crippen molar-refractivity contribution in [3.63, 3.8) is 0 Å². The molecule has 0 spiro atoms. The molecular formula is C24H24F3N5O. The van der Waals surface area contributed by atoms with Crippen LogP contribution >= 0.6 is 0 Å². The van der Waals surface area contributed by atoms with Crippen molar-refractivity contribution in [2.45, 2.75) is 45.3 Å². The molecule has 0 aliphatic carbocycles. The zero-order valence-electron chi connectivity index (χ0n) is 18.7. The van der Waals surface area contributed by atoms with Crippen LogP contribution in [0, 0.1) is 11.3 Å². The van der Waals surface area contributed by atoms with Gasteiger partial charge in [-0.2, -0.15) is 18.4 Å². The second-order valence-electron chi connectivity index (χ2n) is 7.72. The molecule has 1 unspecified atom stereocenters. The summed E-state index contributed by atoms with van der Waals surface area (Å²) in [4.78, 5) is 25.5. The Balaban J connectivity index is 2.51. The monoisotopic (exact) mass is 455 g/mol. The largest absolute Gasteiger partial charge is 0.416 e. The Morgan fingerprint density at radius 3 is 2.42 bits per heavy atom. The van der Waals surface area contributed by atoms with Gasteiger partial charge in [0.1, 0.15) is 5.70 Å².